The Bertz CT molecular complexity index is 2110. The average Bonchev–Trinajstić information content (AvgIpc) is 3.86. The summed E-state index contributed by atoms with van der Waals surface area (Å²) in [6.45, 7) is 0. The number of anilines is 1. The molecular weight excluding hydrogens is 782 g/mol. The molecule has 0 saturated heterocycles. The number of rotatable bonds is 5. The molecule has 52 heavy (non-hydrogen) atoms. The molecule has 19 heteroatoms. The number of aromatic nitrogens is 4. The zero-order chi connectivity index (χ0) is 37.5. The van der Waals surface area contributed by atoms with E-state index >= 15 is 0 Å². The molecule has 0 bridgehead atoms. The van der Waals surface area contributed by atoms with E-state index in [2.05, 4.69) is 25.8 Å². The van der Waals surface area contributed by atoms with Crippen LogP contribution in [0.1, 0.15) is 35.1 Å². The van der Waals surface area contributed by atoms with E-state index in [1.807, 2.05) is 0 Å². The van der Waals surface area contributed by atoms with Crippen LogP contribution in [0, 0.1) is 0 Å². The number of nitrogen functional groups attached to an aromatic ring is 1. The van der Waals surface area contributed by atoms with Crippen LogP contribution >= 0.6 is 46.4 Å². The number of hydrogen-bond acceptors (Lipinski definition) is 8. The van der Waals surface area contributed by atoms with Crippen molar-refractivity contribution in [3.05, 3.63) is 134 Å². The van der Waals surface area contributed by atoms with Crippen molar-refractivity contribution in [2.24, 2.45) is 10.3 Å². The van der Waals surface area contributed by atoms with Gasteiger partial charge in [0, 0.05) is 49.7 Å². The molecule has 0 aliphatic carbocycles. The first-order chi connectivity index (χ1) is 24.5. The molecule has 2 aliphatic rings. The molecule has 270 valence electrons. The predicted octanol–water partition coefficient (Wildman–Crippen LogP) is 9.71. The van der Waals surface area contributed by atoms with E-state index < -0.39 is 36.4 Å². The first-order valence-corrected chi connectivity index (χ1v) is 16.3. The van der Waals surface area contributed by atoms with Crippen LogP contribution in [-0.2, 0) is 20.9 Å². The van der Waals surface area contributed by atoms with Crippen molar-refractivity contribution >= 4 is 63.5 Å². The highest BCUT2D eigenvalue weighted by Crippen LogP contribution is 2.51. The number of benzene rings is 4. The average molecular weight is 803 g/mol. The van der Waals surface area contributed by atoms with Gasteiger partial charge in [-0.2, -0.15) is 26.3 Å². The minimum absolute atomic E-state index is 0.0777. The summed E-state index contributed by atoms with van der Waals surface area (Å²) in [4.78, 5) is 9.89. The Labute approximate surface area is 310 Å². The van der Waals surface area contributed by atoms with E-state index in [1.165, 1.54) is 47.4 Å². The largest absolute Gasteiger partial charge is 0.435 e. The minimum Gasteiger partial charge on any atom is -0.399 e. The molecule has 7 rings (SSSR count). The van der Waals surface area contributed by atoms with Crippen LogP contribution in [0.3, 0.4) is 0 Å². The summed E-state index contributed by atoms with van der Waals surface area (Å²) in [5.41, 5.74) is 2.36. The van der Waals surface area contributed by atoms with Crippen LogP contribution < -0.4 is 5.73 Å². The molecule has 2 aliphatic heterocycles. The van der Waals surface area contributed by atoms with Crippen molar-refractivity contribution < 1.29 is 36.0 Å². The van der Waals surface area contributed by atoms with Crippen molar-refractivity contribution in [2.75, 3.05) is 5.73 Å². The zero-order valence-corrected chi connectivity index (χ0v) is 29.0. The number of nitrogens with two attached hydrogens (primary N) is 1. The molecule has 4 aromatic carbocycles. The lowest BCUT2D eigenvalue weighted by Gasteiger charge is -2.29. The molecular formula is C33H21Cl4F6N7O2. The maximum absolute atomic E-state index is 14.0. The van der Waals surface area contributed by atoms with E-state index in [0.717, 1.165) is 0 Å². The third-order valence-electron chi connectivity index (χ3n) is 8.09. The minimum atomic E-state index is -4.74. The Kier molecular flexibility index (Phi) is 10.1. The summed E-state index contributed by atoms with van der Waals surface area (Å²) in [6.07, 6.45) is -9.05. The van der Waals surface area contributed by atoms with E-state index in [1.54, 1.807) is 48.5 Å². The van der Waals surface area contributed by atoms with Crippen LogP contribution in [-0.4, -0.2) is 44.0 Å². The topological polar surface area (TPSA) is 113 Å². The predicted molar refractivity (Wildman–Crippen MR) is 183 cm³/mol. The quantitative estimate of drug-likeness (QED) is 0.140. The monoisotopic (exact) mass is 801 g/mol. The van der Waals surface area contributed by atoms with Gasteiger partial charge in [-0.15, -0.1) is 5.10 Å². The van der Waals surface area contributed by atoms with Crippen LogP contribution in [0.5, 0.6) is 0 Å². The number of alkyl halides is 6. The van der Waals surface area contributed by atoms with Crippen LogP contribution in [0.15, 0.2) is 102 Å². The molecule has 0 saturated carbocycles. The van der Waals surface area contributed by atoms with Gasteiger partial charge in [0.2, 0.25) is 0 Å². The van der Waals surface area contributed by atoms with Crippen molar-refractivity contribution in [1.29, 1.82) is 0 Å². The summed E-state index contributed by atoms with van der Waals surface area (Å²) in [5, 5.41) is 18.5. The molecule has 0 fully saturated rings. The van der Waals surface area contributed by atoms with E-state index in [0.29, 0.717) is 22.5 Å². The maximum Gasteiger partial charge on any atom is 0.435 e. The third kappa shape index (κ3) is 7.35. The SMILES string of the molecule is FC(F)(F)C1(c2cc(Cl)cc(Cl)c2)CC(c2ccc(-n3cnnn3)cc2)=NO1.Nc1ccc(C2=NOC(c3cc(Cl)cc(Cl)c3)(C(F)(F)F)C2)cc1. The molecule has 3 heterocycles. The molecule has 1 aromatic heterocycles. The van der Waals surface area contributed by atoms with Gasteiger partial charge in [0.15, 0.2) is 0 Å². The first-order valence-electron chi connectivity index (χ1n) is 14.8. The van der Waals surface area contributed by atoms with Crippen molar-refractivity contribution in [1.82, 2.24) is 20.2 Å². The summed E-state index contributed by atoms with van der Waals surface area (Å²) < 4.78 is 84.8. The lowest BCUT2D eigenvalue weighted by molar-refractivity contribution is -0.276. The van der Waals surface area contributed by atoms with E-state index in [9.17, 15) is 26.3 Å². The summed E-state index contributed by atoms with van der Waals surface area (Å²) in [5.74, 6) is 0. The molecule has 2 unspecified atom stereocenters. The second-order valence-corrected chi connectivity index (χ2v) is 13.2. The van der Waals surface area contributed by atoms with Gasteiger partial charge in [0.1, 0.15) is 6.33 Å². The second kappa shape index (κ2) is 14.1. The molecule has 0 amide bonds. The van der Waals surface area contributed by atoms with E-state index in [4.69, 9.17) is 61.8 Å². The van der Waals surface area contributed by atoms with Gasteiger partial charge >= 0.3 is 12.4 Å². The number of nitrogens with zero attached hydrogens (tertiary/aromatic N) is 6. The summed E-state index contributed by atoms with van der Waals surface area (Å²) in [6, 6.07) is 20.4. The van der Waals surface area contributed by atoms with Crippen LogP contribution in [0.4, 0.5) is 32.0 Å². The highest BCUT2D eigenvalue weighted by Gasteiger charge is 2.63. The first kappa shape index (κ1) is 37.2. The van der Waals surface area contributed by atoms with Gasteiger partial charge in [0.05, 0.1) is 17.1 Å². The van der Waals surface area contributed by atoms with Gasteiger partial charge in [-0.25, -0.2) is 4.68 Å². The summed E-state index contributed by atoms with van der Waals surface area (Å²) in [7, 11) is 0. The smallest absolute Gasteiger partial charge is 0.399 e. The highest BCUT2D eigenvalue weighted by molar-refractivity contribution is 6.35. The Morgan fingerprint density at radius 2 is 1.02 bits per heavy atom. The number of halogens is 10. The van der Waals surface area contributed by atoms with Gasteiger partial charge in [-0.05, 0) is 82.2 Å². The van der Waals surface area contributed by atoms with E-state index in [-0.39, 0.29) is 42.6 Å². The summed E-state index contributed by atoms with van der Waals surface area (Å²) >= 11 is 23.5. The zero-order valence-electron chi connectivity index (χ0n) is 25.9. The Morgan fingerprint density at radius 3 is 1.38 bits per heavy atom. The lowest BCUT2D eigenvalue weighted by Crippen LogP contribution is -2.42. The lowest BCUT2D eigenvalue weighted by atomic mass is 9.86. The van der Waals surface area contributed by atoms with Crippen molar-refractivity contribution in [3.63, 3.8) is 0 Å². The highest BCUT2D eigenvalue weighted by atomic mass is 35.5. The fraction of sp³-hybridized carbons (Fsp3) is 0.182. The second-order valence-electron chi connectivity index (χ2n) is 11.5. The van der Waals surface area contributed by atoms with Crippen molar-refractivity contribution in [2.45, 2.75) is 36.4 Å². The molecule has 2 atom stereocenters. The normalized spacial score (nSPS) is 20.0. The Balaban J connectivity index is 0.000000181. The third-order valence-corrected chi connectivity index (χ3v) is 8.96. The Morgan fingerprint density at radius 1 is 0.615 bits per heavy atom. The molecule has 5 aromatic rings. The standard InChI is InChI=1S/C17H10Cl2F3N5O.C16H11Cl2F3N2O/c18-12-5-11(6-13(19)7-12)16(17(20,21)22)8-15(24-28-16)10-1-3-14(4-2-10)27-9-23-25-26-27;17-11-5-10(6-12(18)7-11)15(16(19,20)21)8-14(23-24-15)9-1-3-13(22)4-2-9/h1-7,9H,8H2;1-7H,8,22H2. The van der Waals surface area contributed by atoms with Gasteiger partial charge in [0.25, 0.3) is 11.2 Å². The molecule has 2 N–H and O–H groups in total. The maximum atomic E-state index is 14.0. The van der Waals surface area contributed by atoms with Crippen LogP contribution in [0.25, 0.3) is 5.69 Å². The van der Waals surface area contributed by atoms with Gasteiger partial charge < -0.3 is 15.4 Å². The molecule has 9 nitrogen and oxygen atoms in total. The number of oxime groups is 2. The van der Waals surface area contributed by atoms with Crippen molar-refractivity contribution in [3.8, 4) is 5.69 Å². The van der Waals surface area contributed by atoms with Gasteiger partial charge in [-0.1, -0.05) is 81.0 Å². The Hall–Kier alpha value is -4.57. The molecule has 0 radical (unpaired) electrons. The molecule has 0 spiro atoms. The van der Waals surface area contributed by atoms with Crippen LogP contribution in [0.2, 0.25) is 20.1 Å². The number of hydrogen-bond donors (Lipinski definition) is 1. The van der Waals surface area contributed by atoms with Gasteiger partial charge in [-0.3, -0.25) is 0 Å². The number of tetrazole rings is 1. The fourth-order valence-electron chi connectivity index (χ4n) is 5.45. The fourth-order valence-corrected chi connectivity index (χ4v) is 6.50.